The molecule has 3 rings (SSSR count). The number of nitriles is 1. The van der Waals surface area contributed by atoms with Crippen molar-refractivity contribution < 1.29 is 23.8 Å². The maximum atomic E-state index is 13.1. The molecule has 0 aromatic heterocycles. The second-order valence-electron chi connectivity index (χ2n) is 9.30. The number of nitrogens with two attached hydrogens (primary N) is 1. The molecule has 39 heavy (non-hydrogen) atoms. The molecule has 0 aliphatic carbocycles. The van der Waals surface area contributed by atoms with Gasteiger partial charge in [-0.1, -0.05) is 75.8 Å². The molecule has 2 N–H and O–H groups in total. The zero-order valence-electron chi connectivity index (χ0n) is 22.9. The highest BCUT2D eigenvalue weighted by Gasteiger charge is 2.42. The van der Waals surface area contributed by atoms with E-state index in [2.05, 4.69) is 13.0 Å². The Morgan fingerprint density at radius 2 is 1.51 bits per heavy atom. The third-order valence-electron chi connectivity index (χ3n) is 6.72. The Morgan fingerprint density at radius 3 is 2.10 bits per heavy atom. The monoisotopic (exact) mass is 531 g/mol. The van der Waals surface area contributed by atoms with Crippen LogP contribution in [0.15, 0.2) is 77.3 Å². The molecule has 1 aliphatic rings. The van der Waals surface area contributed by atoms with Gasteiger partial charge in [-0.2, -0.15) is 5.26 Å². The van der Waals surface area contributed by atoms with Gasteiger partial charge in [0.15, 0.2) is 0 Å². The van der Waals surface area contributed by atoms with Crippen molar-refractivity contribution in [1.82, 2.24) is 0 Å². The Kier molecular flexibility index (Phi) is 11.0. The summed E-state index contributed by atoms with van der Waals surface area (Å²) in [7, 11) is 2.45. The van der Waals surface area contributed by atoms with Gasteiger partial charge >= 0.3 is 11.9 Å². The van der Waals surface area contributed by atoms with Crippen molar-refractivity contribution in [3.05, 3.63) is 82.8 Å². The number of unbranched alkanes of at least 4 members (excludes halogenated alkanes) is 6. The van der Waals surface area contributed by atoms with Gasteiger partial charge in [0.1, 0.15) is 17.3 Å². The first kappa shape index (κ1) is 29.3. The molecule has 1 heterocycles. The molecule has 2 aromatic rings. The number of hydrogen-bond donors (Lipinski definition) is 1. The van der Waals surface area contributed by atoms with Gasteiger partial charge in [0.05, 0.1) is 44.0 Å². The third kappa shape index (κ3) is 6.99. The first-order chi connectivity index (χ1) is 19.0. The minimum absolute atomic E-state index is 0.0242. The van der Waals surface area contributed by atoms with E-state index >= 15 is 0 Å². The highest BCUT2D eigenvalue weighted by Crippen LogP contribution is 2.43. The predicted molar refractivity (Wildman–Crippen MR) is 149 cm³/mol. The van der Waals surface area contributed by atoms with Gasteiger partial charge in [-0.05, 0) is 36.2 Å². The van der Waals surface area contributed by atoms with Crippen LogP contribution < -0.4 is 15.4 Å². The molecule has 2 aromatic carbocycles. The van der Waals surface area contributed by atoms with Crippen molar-refractivity contribution >= 4 is 17.6 Å². The second-order valence-corrected chi connectivity index (χ2v) is 9.30. The molecule has 0 saturated carbocycles. The number of nitrogens with zero attached hydrogens (tertiary/aromatic N) is 2. The molecule has 0 fully saturated rings. The van der Waals surface area contributed by atoms with E-state index in [0.717, 1.165) is 12.8 Å². The van der Waals surface area contributed by atoms with Gasteiger partial charge in [-0.15, -0.1) is 0 Å². The smallest absolute Gasteiger partial charge is 0.355 e. The predicted octanol–water partition coefficient (Wildman–Crippen LogP) is 5.71. The highest BCUT2D eigenvalue weighted by molar-refractivity contribution is 6.06. The molecule has 0 amide bonds. The summed E-state index contributed by atoms with van der Waals surface area (Å²) in [6.07, 6.45) is 8.37. The lowest BCUT2D eigenvalue weighted by molar-refractivity contribution is -0.139. The molecule has 0 bridgehead atoms. The van der Waals surface area contributed by atoms with Gasteiger partial charge in [0, 0.05) is 5.69 Å². The van der Waals surface area contributed by atoms with Crippen molar-refractivity contribution in [2.24, 2.45) is 5.73 Å². The SMILES string of the molecule is CCCCCCCCCOc1ccc(N2C(N)=C(C#N)C(c3ccccc3)C(C(=O)OC)=C2C(=O)OC)cc1. The average molecular weight is 532 g/mol. The van der Waals surface area contributed by atoms with Crippen molar-refractivity contribution in [3.8, 4) is 11.8 Å². The number of allylic oxidation sites excluding steroid dienone is 1. The normalized spacial score (nSPS) is 15.1. The Labute approximate surface area is 230 Å². The maximum absolute atomic E-state index is 13.1. The number of ether oxygens (including phenoxy) is 3. The Bertz CT molecular complexity index is 1230. The van der Waals surface area contributed by atoms with Crippen molar-refractivity contribution in [3.63, 3.8) is 0 Å². The standard InChI is InChI=1S/C31H37N3O5/c1-4-5-6-7-8-9-13-20-39-24-18-16-23(17-19-24)34-28(31(36)38-3)27(30(35)37-2)26(25(21-32)29(34)33)22-14-11-10-12-15-22/h10-12,14-19,26H,4-9,13,20,33H2,1-3H3. The summed E-state index contributed by atoms with van der Waals surface area (Å²) in [5.41, 5.74) is 7.61. The van der Waals surface area contributed by atoms with E-state index in [0.29, 0.717) is 23.6 Å². The molecule has 0 saturated heterocycles. The van der Waals surface area contributed by atoms with Gasteiger partial charge < -0.3 is 19.9 Å². The molecule has 1 aliphatic heterocycles. The van der Waals surface area contributed by atoms with Crippen molar-refractivity contribution in [2.45, 2.75) is 57.8 Å². The first-order valence-electron chi connectivity index (χ1n) is 13.4. The summed E-state index contributed by atoms with van der Waals surface area (Å²) < 4.78 is 16.0. The number of rotatable bonds is 13. The van der Waals surface area contributed by atoms with Gasteiger partial charge in [-0.25, -0.2) is 9.59 Å². The molecule has 206 valence electrons. The van der Waals surface area contributed by atoms with Gasteiger partial charge in [0.25, 0.3) is 0 Å². The number of esters is 2. The first-order valence-corrected chi connectivity index (χ1v) is 13.4. The topological polar surface area (TPSA) is 115 Å². The highest BCUT2D eigenvalue weighted by atomic mass is 16.5. The summed E-state index contributed by atoms with van der Waals surface area (Å²) in [6, 6.07) is 18.0. The van der Waals surface area contributed by atoms with E-state index in [-0.39, 0.29) is 22.7 Å². The number of methoxy groups -OCH3 is 2. The number of carbonyl (C=O) groups is 2. The minimum atomic E-state index is -0.904. The van der Waals surface area contributed by atoms with Crippen LogP contribution in [0.3, 0.4) is 0 Å². The Morgan fingerprint density at radius 1 is 0.897 bits per heavy atom. The number of benzene rings is 2. The third-order valence-corrected chi connectivity index (χ3v) is 6.72. The van der Waals surface area contributed by atoms with Crippen LogP contribution in [0.25, 0.3) is 0 Å². The molecular formula is C31H37N3O5. The zero-order chi connectivity index (χ0) is 28.2. The lowest BCUT2D eigenvalue weighted by Gasteiger charge is -2.35. The Hall–Kier alpha value is -4.25. The van der Waals surface area contributed by atoms with Crippen molar-refractivity contribution in [1.29, 1.82) is 5.26 Å². The van der Waals surface area contributed by atoms with Crippen molar-refractivity contribution in [2.75, 3.05) is 25.7 Å². The van der Waals surface area contributed by atoms with Crippen LogP contribution in [0.1, 0.15) is 63.4 Å². The van der Waals surface area contributed by atoms with E-state index < -0.39 is 17.9 Å². The Balaban J connectivity index is 1.92. The van der Waals surface area contributed by atoms with E-state index in [1.165, 1.54) is 51.2 Å². The second kappa shape index (κ2) is 14.6. The van der Waals surface area contributed by atoms with Crippen LogP contribution >= 0.6 is 0 Å². The van der Waals surface area contributed by atoms with E-state index in [1.807, 2.05) is 6.07 Å². The molecule has 8 nitrogen and oxygen atoms in total. The number of anilines is 1. The fourth-order valence-electron chi connectivity index (χ4n) is 4.72. The van der Waals surface area contributed by atoms with Crippen LogP contribution in [-0.2, 0) is 19.1 Å². The number of carbonyl (C=O) groups excluding carboxylic acids is 2. The van der Waals surface area contributed by atoms with Crippen LogP contribution in [-0.4, -0.2) is 32.8 Å². The van der Waals surface area contributed by atoms with Crippen LogP contribution in [0, 0.1) is 11.3 Å². The average Bonchev–Trinajstić information content (AvgIpc) is 2.97. The summed E-state index contributed by atoms with van der Waals surface area (Å²) in [5, 5.41) is 10.1. The van der Waals surface area contributed by atoms with E-state index in [4.69, 9.17) is 19.9 Å². The minimum Gasteiger partial charge on any atom is -0.494 e. The summed E-state index contributed by atoms with van der Waals surface area (Å²) in [5.74, 6) is -1.75. The lowest BCUT2D eigenvalue weighted by atomic mass is 9.81. The zero-order valence-corrected chi connectivity index (χ0v) is 22.9. The summed E-state index contributed by atoms with van der Waals surface area (Å²) in [6.45, 7) is 2.82. The number of hydrogen-bond acceptors (Lipinski definition) is 8. The quantitative estimate of drug-likeness (QED) is 0.258. The largest absolute Gasteiger partial charge is 0.494 e. The molecule has 0 radical (unpaired) electrons. The maximum Gasteiger partial charge on any atom is 0.355 e. The molecular weight excluding hydrogens is 494 g/mol. The fourth-order valence-corrected chi connectivity index (χ4v) is 4.72. The molecule has 0 spiro atoms. The lowest BCUT2D eigenvalue weighted by Crippen LogP contribution is -2.40. The molecule has 1 unspecified atom stereocenters. The van der Waals surface area contributed by atoms with Gasteiger partial charge in [-0.3, -0.25) is 4.90 Å². The molecule has 8 heteroatoms. The van der Waals surface area contributed by atoms with E-state index in [1.54, 1.807) is 48.5 Å². The van der Waals surface area contributed by atoms with Crippen LogP contribution in [0.5, 0.6) is 5.75 Å². The summed E-state index contributed by atoms with van der Waals surface area (Å²) >= 11 is 0. The van der Waals surface area contributed by atoms with Crippen LogP contribution in [0.2, 0.25) is 0 Å². The summed E-state index contributed by atoms with van der Waals surface area (Å²) in [4.78, 5) is 27.6. The van der Waals surface area contributed by atoms with Crippen LogP contribution in [0.4, 0.5) is 5.69 Å². The fraction of sp³-hybridized carbons (Fsp3) is 0.387. The van der Waals surface area contributed by atoms with Gasteiger partial charge in [0.2, 0.25) is 0 Å². The molecule has 1 atom stereocenters. The van der Waals surface area contributed by atoms with E-state index in [9.17, 15) is 14.9 Å².